The van der Waals surface area contributed by atoms with Crippen molar-refractivity contribution >= 4 is 11.7 Å². The van der Waals surface area contributed by atoms with Crippen molar-refractivity contribution in [3.63, 3.8) is 0 Å². The molecule has 1 aliphatic heterocycles. The van der Waals surface area contributed by atoms with Crippen LogP contribution in [0.15, 0.2) is 48.7 Å². The van der Waals surface area contributed by atoms with E-state index in [-0.39, 0.29) is 18.4 Å². The third-order valence-corrected chi connectivity index (χ3v) is 4.37. The lowest BCUT2D eigenvalue weighted by atomic mass is 9.96. The monoisotopic (exact) mass is 349 g/mol. The molecule has 0 unspecified atom stereocenters. The second-order valence-corrected chi connectivity index (χ2v) is 6.22. The maximum Gasteiger partial charge on any atom is 0.228 e. The van der Waals surface area contributed by atoms with Crippen LogP contribution in [0.1, 0.15) is 29.3 Å². The number of hydrogen-bond donors (Lipinski definition) is 1. The average molecular weight is 349 g/mol. The molecule has 1 N–H and O–H groups in total. The third kappa shape index (κ3) is 3.34. The molecule has 3 aromatic rings. The predicted molar refractivity (Wildman–Crippen MR) is 96.0 cm³/mol. The number of nitrogens with zero attached hydrogens (tertiary/aromatic N) is 4. The molecule has 0 saturated carbocycles. The Hall–Kier alpha value is -3.06. The molecule has 1 atom stereocenters. The van der Waals surface area contributed by atoms with Crippen LogP contribution in [-0.4, -0.2) is 32.5 Å². The molecule has 0 aliphatic carbocycles. The van der Waals surface area contributed by atoms with Gasteiger partial charge in [0.15, 0.2) is 5.82 Å². The standard InChI is InChI=1S/C19H19N5O2/c1-13-6-7-18(23-22-13)24-17(8-10-20-24)21-19(25)12-16-15-5-3-2-4-14(15)9-11-26-16/h2-8,10,16H,9,11-12H2,1H3,(H,21,25)/t16-/m1/s1. The first-order chi connectivity index (χ1) is 12.7. The Bertz CT molecular complexity index is 920. The molecular formula is C19H19N5O2. The number of ether oxygens (including phenoxy) is 1. The van der Waals surface area contributed by atoms with Crippen LogP contribution < -0.4 is 5.32 Å². The molecule has 0 bridgehead atoms. The Morgan fingerprint density at radius 3 is 2.96 bits per heavy atom. The Morgan fingerprint density at radius 2 is 2.12 bits per heavy atom. The lowest BCUT2D eigenvalue weighted by Crippen LogP contribution is -2.23. The van der Waals surface area contributed by atoms with Gasteiger partial charge in [-0.1, -0.05) is 24.3 Å². The fourth-order valence-corrected chi connectivity index (χ4v) is 3.09. The van der Waals surface area contributed by atoms with E-state index in [1.54, 1.807) is 16.9 Å². The second-order valence-electron chi connectivity index (χ2n) is 6.22. The summed E-state index contributed by atoms with van der Waals surface area (Å²) in [5, 5.41) is 15.3. The van der Waals surface area contributed by atoms with E-state index in [0.717, 1.165) is 17.7 Å². The largest absolute Gasteiger partial charge is 0.373 e. The Kier molecular flexibility index (Phi) is 4.45. The summed E-state index contributed by atoms with van der Waals surface area (Å²) in [4.78, 5) is 12.6. The molecule has 1 aliphatic rings. The van der Waals surface area contributed by atoms with Crippen molar-refractivity contribution < 1.29 is 9.53 Å². The van der Waals surface area contributed by atoms with Crippen LogP contribution in [0.3, 0.4) is 0 Å². The molecule has 7 nitrogen and oxygen atoms in total. The van der Waals surface area contributed by atoms with Crippen molar-refractivity contribution in [1.29, 1.82) is 0 Å². The van der Waals surface area contributed by atoms with Gasteiger partial charge in [0.2, 0.25) is 5.91 Å². The normalized spacial score (nSPS) is 16.1. The fraction of sp³-hybridized carbons (Fsp3) is 0.263. The number of amides is 1. The van der Waals surface area contributed by atoms with E-state index in [9.17, 15) is 4.79 Å². The van der Waals surface area contributed by atoms with Crippen LogP contribution in [0.25, 0.3) is 5.82 Å². The smallest absolute Gasteiger partial charge is 0.228 e. The van der Waals surface area contributed by atoms with Gasteiger partial charge in [-0.3, -0.25) is 4.79 Å². The number of nitrogens with one attached hydrogen (secondary N) is 1. The van der Waals surface area contributed by atoms with Crippen LogP contribution in [0, 0.1) is 6.92 Å². The van der Waals surface area contributed by atoms with Crippen molar-refractivity contribution in [2.75, 3.05) is 11.9 Å². The lowest BCUT2D eigenvalue weighted by molar-refractivity contribution is -0.119. The molecule has 0 saturated heterocycles. The summed E-state index contributed by atoms with van der Waals surface area (Å²) in [5.41, 5.74) is 3.16. The lowest BCUT2D eigenvalue weighted by Gasteiger charge is -2.25. The molecular weight excluding hydrogens is 330 g/mol. The van der Waals surface area contributed by atoms with Gasteiger partial charge in [-0.05, 0) is 36.6 Å². The van der Waals surface area contributed by atoms with Gasteiger partial charge in [0.05, 0.1) is 31.0 Å². The highest BCUT2D eigenvalue weighted by atomic mass is 16.5. The predicted octanol–water partition coefficient (Wildman–Crippen LogP) is 2.61. The first-order valence-electron chi connectivity index (χ1n) is 8.55. The van der Waals surface area contributed by atoms with Crippen molar-refractivity contribution in [3.8, 4) is 5.82 Å². The summed E-state index contributed by atoms with van der Waals surface area (Å²) in [7, 11) is 0. The van der Waals surface area contributed by atoms with Crippen LogP contribution in [0.5, 0.6) is 0 Å². The number of fused-ring (bicyclic) bond motifs is 1. The van der Waals surface area contributed by atoms with Crippen LogP contribution in [0.4, 0.5) is 5.82 Å². The van der Waals surface area contributed by atoms with E-state index in [4.69, 9.17) is 4.74 Å². The number of hydrogen-bond acceptors (Lipinski definition) is 5. The van der Waals surface area contributed by atoms with Crippen molar-refractivity contribution in [3.05, 3.63) is 65.5 Å². The van der Waals surface area contributed by atoms with Gasteiger partial charge in [-0.25, -0.2) is 0 Å². The number of anilines is 1. The zero-order chi connectivity index (χ0) is 17.9. The molecule has 4 rings (SSSR count). The number of rotatable bonds is 4. The molecule has 132 valence electrons. The van der Waals surface area contributed by atoms with Crippen molar-refractivity contribution in [1.82, 2.24) is 20.0 Å². The first-order valence-corrected chi connectivity index (χ1v) is 8.55. The van der Waals surface area contributed by atoms with Crippen LogP contribution in [0.2, 0.25) is 0 Å². The van der Waals surface area contributed by atoms with Crippen molar-refractivity contribution in [2.24, 2.45) is 0 Å². The molecule has 1 amide bonds. The average Bonchev–Trinajstić information content (AvgIpc) is 3.10. The molecule has 2 aromatic heterocycles. The molecule has 7 heteroatoms. The Labute approximate surface area is 151 Å². The van der Waals surface area contributed by atoms with E-state index >= 15 is 0 Å². The van der Waals surface area contributed by atoms with Gasteiger partial charge in [-0.15, -0.1) is 5.10 Å². The number of benzene rings is 1. The van der Waals surface area contributed by atoms with Gasteiger partial charge >= 0.3 is 0 Å². The summed E-state index contributed by atoms with van der Waals surface area (Å²) in [6.07, 6.45) is 2.52. The van der Waals surface area contributed by atoms with E-state index in [1.165, 1.54) is 5.56 Å². The van der Waals surface area contributed by atoms with E-state index in [2.05, 4.69) is 26.7 Å². The summed E-state index contributed by atoms with van der Waals surface area (Å²) in [5.74, 6) is 0.973. The zero-order valence-corrected chi connectivity index (χ0v) is 14.4. The summed E-state index contributed by atoms with van der Waals surface area (Å²) >= 11 is 0. The molecule has 0 fully saturated rings. The highest BCUT2D eigenvalue weighted by Crippen LogP contribution is 2.29. The van der Waals surface area contributed by atoms with E-state index in [1.807, 2.05) is 37.3 Å². The van der Waals surface area contributed by atoms with E-state index < -0.39 is 0 Å². The topological polar surface area (TPSA) is 81.9 Å². The zero-order valence-electron chi connectivity index (χ0n) is 14.4. The number of carbonyl (C=O) groups is 1. The highest BCUT2D eigenvalue weighted by molar-refractivity contribution is 5.90. The van der Waals surface area contributed by atoms with Crippen molar-refractivity contribution in [2.45, 2.75) is 25.9 Å². The minimum Gasteiger partial charge on any atom is -0.373 e. The van der Waals surface area contributed by atoms with E-state index in [0.29, 0.717) is 18.2 Å². The summed E-state index contributed by atoms with van der Waals surface area (Å²) in [6.45, 7) is 2.50. The number of aryl methyl sites for hydroxylation is 1. The maximum absolute atomic E-state index is 12.6. The summed E-state index contributed by atoms with van der Waals surface area (Å²) in [6, 6.07) is 13.5. The van der Waals surface area contributed by atoms with Gasteiger partial charge in [0, 0.05) is 6.07 Å². The Morgan fingerprint density at radius 1 is 1.23 bits per heavy atom. The molecule has 0 radical (unpaired) electrons. The molecule has 1 aromatic carbocycles. The van der Waals surface area contributed by atoms with Gasteiger partial charge in [0.1, 0.15) is 5.82 Å². The minimum absolute atomic E-state index is 0.131. The molecule has 0 spiro atoms. The maximum atomic E-state index is 12.6. The van der Waals surface area contributed by atoms with Gasteiger partial charge < -0.3 is 10.1 Å². The fourth-order valence-electron chi connectivity index (χ4n) is 3.09. The van der Waals surface area contributed by atoms with Crippen LogP contribution >= 0.6 is 0 Å². The third-order valence-electron chi connectivity index (χ3n) is 4.37. The van der Waals surface area contributed by atoms with Crippen LogP contribution in [-0.2, 0) is 16.0 Å². The SMILES string of the molecule is Cc1ccc(-n2nccc2NC(=O)C[C@H]2OCCc3ccccc32)nn1. The Balaban J connectivity index is 1.49. The number of carbonyl (C=O) groups excluding carboxylic acids is 1. The number of aromatic nitrogens is 4. The van der Waals surface area contributed by atoms with Gasteiger partial charge in [-0.2, -0.15) is 14.9 Å². The first kappa shape index (κ1) is 16.4. The molecule has 3 heterocycles. The minimum atomic E-state index is -0.226. The highest BCUT2D eigenvalue weighted by Gasteiger charge is 2.23. The molecule has 26 heavy (non-hydrogen) atoms. The van der Waals surface area contributed by atoms with Gasteiger partial charge in [0.25, 0.3) is 0 Å². The quantitative estimate of drug-likeness (QED) is 0.783. The second kappa shape index (κ2) is 7.05. The summed E-state index contributed by atoms with van der Waals surface area (Å²) < 4.78 is 7.37.